The van der Waals surface area contributed by atoms with Crippen LogP contribution < -0.4 is 10.1 Å². The van der Waals surface area contributed by atoms with Gasteiger partial charge < -0.3 is 15.2 Å². The molecular formula is C18H21N3O3. The summed E-state index contributed by atoms with van der Waals surface area (Å²) in [6, 6.07) is 9.21. The van der Waals surface area contributed by atoms with Crippen LogP contribution in [0.2, 0.25) is 0 Å². The average molecular weight is 327 g/mol. The SMILES string of the molecule is O=C(COc1cccnc1)NC(Cc1ccccn1)C1CC(O)C1. The highest BCUT2D eigenvalue weighted by Crippen LogP contribution is 2.31. The molecule has 126 valence electrons. The second kappa shape index (κ2) is 7.88. The summed E-state index contributed by atoms with van der Waals surface area (Å²) in [4.78, 5) is 20.5. The van der Waals surface area contributed by atoms with Crippen molar-refractivity contribution in [2.75, 3.05) is 6.61 Å². The highest BCUT2D eigenvalue weighted by atomic mass is 16.5. The number of amides is 1. The summed E-state index contributed by atoms with van der Waals surface area (Å²) in [7, 11) is 0. The van der Waals surface area contributed by atoms with Gasteiger partial charge in [0.1, 0.15) is 5.75 Å². The monoisotopic (exact) mass is 327 g/mol. The van der Waals surface area contributed by atoms with Crippen molar-refractivity contribution < 1.29 is 14.6 Å². The van der Waals surface area contributed by atoms with E-state index in [0.717, 1.165) is 5.69 Å². The normalized spacial score (nSPS) is 20.7. The molecule has 2 N–H and O–H groups in total. The van der Waals surface area contributed by atoms with Crippen LogP contribution >= 0.6 is 0 Å². The Morgan fingerprint density at radius 3 is 2.83 bits per heavy atom. The molecule has 1 unspecified atom stereocenters. The lowest BCUT2D eigenvalue weighted by atomic mass is 9.76. The first kappa shape index (κ1) is 16.4. The van der Waals surface area contributed by atoms with Crippen molar-refractivity contribution in [1.29, 1.82) is 0 Å². The first-order chi connectivity index (χ1) is 11.7. The number of hydrogen-bond donors (Lipinski definition) is 2. The zero-order chi connectivity index (χ0) is 16.8. The molecule has 1 atom stereocenters. The standard InChI is InChI=1S/C18H21N3O3/c22-15-8-13(9-15)17(10-14-4-1-2-7-20-14)21-18(23)12-24-16-5-3-6-19-11-16/h1-7,11,13,15,17,22H,8-10,12H2,(H,21,23). The Bertz CT molecular complexity index is 645. The third kappa shape index (κ3) is 4.52. The van der Waals surface area contributed by atoms with Gasteiger partial charge in [0.2, 0.25) is 0 Å². The molecule has 0 saturated heterocycles. The van der Waals surface area contributed by atoms with E-state index in [-0.39, 0.29) is 30.6 Å². The second-order valence-corrected chi connectivity index (χ2v) is 6.06. The van der Waals surface area contributed by atoms with Crippen LogP contribution in [-0.4, -0.2) is 39.7 Å². The van der Waals surface area contributed by atoms with E-state index in [4.69, 9.17) is 4.74 Å². The molecule has 0 bridgehead atoms. The Morgan fingerprint density at radius 2 is 2.17 bits per heavy atom. The molecule has 3 rings (SSSR count). The Balaban J connectivity index is 1.55. The second-order valence-electron chi connectivity index (χ2n) is 6.06. The fraction of sp³-hybridized carbons (Fsp3) is 0.389. The fourth-order valence-corrected chi connectivity index (χ4v) is 2.87. The molecule has 2 aromatic rings. The van der Waals surface area contributed by atoms with Crippen molar-refractivity contribution in [2.24, 2.45) is 5.92 Å². The van der Waals surface area contributed by atoms with E-state index in [1.54, 1.807) is 30.7 Å². The van der Waals surface area contributed by atoms with E-state index < -0.39 is 0 Å². The Morgan fingerprint density at radius 1 is 1.29 bits per heavy atom. The van der Waals surface area contributed by atoms with Crippen LogP contribution in [0.4, 0.5) is 0 Å². The number of ether oxygens (including phenoxy) is 1. The Kier molecular flexibility index (Phi) is 5.38. The molecule has 0 aliphatic heterocycles. The van der Waals surface area contributed by atoms with Crippen molar-refractivity contribution in [1.82, 2.24) is 15.3 Å². The molecule has 1 saturated carbocycles. The molecule has 0 radical (unpaired) electrons. The lowest BCUT2D eigenvalue weighted by Crippen LogP contribution is -2.49. The van der Waals surface area contributed by atoms with Crippen molar-refractivity contribution >= 4 is 5.91 Å². The van der Waals surface area contributed by atoms with Gasteiger partial charge in [-0.05, 0) is 43.0 Å². The van der Waals surface area contributed by atoms with Crippen molar-refractivity contribution in [3.8, 4) is 5.75 Å². The van der Waals surface area contributed by atoms with Gasteiger partial charge in [-0.25, -0.2) is 0 Å². The molecule has 1 aliphatic carbocycles. The lowest BCUT2D eigenvalue weighted by Gasteiger charge is -2.38. The summed E-state index contributed by atoms with van der Waals surface area (Å²) >= 11 is 0. The van der Waals surface area contributed by atoms with Gasteiger partial charge in [-0.15, -0.1) is 0 Å². The van der Waals surface area contributed by atoms with Crippen LogP contribution in [0.3, 0.4) is 0 Å². The quantitative estimate of drug-likeness (QED) is 0.802. The third-order valence-corrected chi connectivity index (χ3v) is 4.22. The topological polar surface area (TPSA) is 84.3 Å². The third-order valence-electron chi connectivity index (χ3n) is 4.22. The number of carbonyl (C=O) groups excluding carboxylic acids is 1. The van der Waals surface area contributed by atoms with Crippen molar-refractivity contribution in [3.05, 3.63) is 54.6 Å². The molecule has 6 heteroatoms. The zero-order valence-electron chi connectivity index (χ0n) is 13.3. The lowest BCUT2D eigenvalue weighted by molar-refractivity contribution is -0.125. The summed E-state index contributed by atoms with van der Waals surface area (Å²) in [5, 5.41) is 12.6. The van der Waals surface area contributed by atoms with Crippen LogP contribution in [0.5, 0.6) is 5.75 Å². The first-order valence-electron chi connectivity index (χ1n) is 8.11. The number of rotatable bonds is 7. The molecule has 2 aromatic heterocycles. The molecule has 1 aliphatic rings. The molecule has 6 nitrogen and oxygen atoms in total. The summed E-state index contributed by atoms with van der Waals surface area (Å²) < 4.78 is 5.43. The van der Waals surface area contributed by atoms with Gasteiger partial charge in [0.25, 0.3) is 5.91 Å². The average Bonchev–Trinajstić information content (AvgIpc) is 2.58. The van der Waals surface area contributed by atoms with Gasteiger partial charge in [-0.1, -0.05) is 6.07 Å². The number of aliphatic hydroxyl groups excluding tert-OH is 1. The zero-order valence-corrected chi connectivity index (χ0v) is 13.3. The maximum absolute atomic E-state index is 12.2. The van der Waals surface area contributed by atoms with E-state index in [2.05, 4.69) is 15.3 Å². The van der Waals surface area contributed by atoms with Crippen molar-refractivity contribution in [2.45, 2.75) is 31.4 Å². The minimum absolute atomic E-state index is 0.0479. The van der Waals surface area contributed by atoms with E-state index in [1.165, 1.54) is 0 Å². The van der Waals surface area contributed by atoms with Gasteiger partial charge in [0, 0.05) is 30.6 Å². The summed E-state index contributed by atoms with van der Waals surface area (Å²) in [6.45, 7) is -0.0559. The van der Waals surface area contributed by atoms with Crippen LogP contribution in [0.1, 0.15) is 18.5 Å². The van der Waals surface area contributed by atoms with Crippen LogP contribution in [-0.2, 0) is 11.2 Å². The highest BCUT2D eigenvalue weighted by Gasteiger charge is 2.35. The number of nitrogens with one attached hydrogen (secondary N) is 1. The Labute approximate surface area is 140 Å². The highest BCUT2D eigenvalue weighted by molar-refractivity contribution is 5.77. The van der Waals surface area contributed by atoms with E-state index in [1.807, 2.05) is 18.2 Å². The number of pyridine rings is 2. The van der Waals surface area contributed by atoms with Crippen molar-refractivity contribution in [3.63, 3.8) is 0 Å². The van der Waals surface area contributed by atoms with Gasteiger partial charge in [-0.2, -0.15) is 0 Å². The number of nitrogens with zero attached hydrogens (tertiary/aromatic N) is 2. The predicted octanol–water partition coefficient (Wildman–Crippen LogP) is 1.35. The molecule has 2 heterocycles. The minimum Gasteiger partial charge on any atom is -0.482 e. The Hall–Kier alpha value is -2.47. The number of hydrogen-bond acceptors (Lipinski definition) is 5. The van der Waals surface area contributed by atoms with Crippen LogP contribution in [0, 0.1) is 5.92 Å². The van der Waals surface area contributed by atoms with Gasteiger partial charge in [-0.3, -0.25) is 14.8 Å². The number of aliphatic hydroxyl groups is 1. The predicted molar refractivity (Wildman–Crippen MR) is 88.3 cm³/mol. The number of carbonyl (C=O) groups is 1. The molecule has 0 spiro atoms. The minimum atomic E-state index is -0.259. The maximum atomic E-state index is 12.2. The molecule has 0 aromatic carbocycles. The molecule has 1 amide bonds. The van der Waals surface area contributed by atoms with Gasteiger partial charge >= 0.3 is 0 Å². The number of aromatic nitrogens is 2. The van der Waals surface area contributed by atoms with E-state index in [0.29, 0.717) is 25.0 Å². The van der Waals surface area contributed by atoms with Gasteiger partial charge in [0.05, 0.1) is 12.3 Å². The molecule has 1 fully saturated rings. The first-order valence-corrected chi connectivity index (χ1v) is 8.11. The maximum Gasteiger partial charge on any atom is 0.258 e. The summed E-state index contributed by atoms with van der Waals surface area (Å²) in [5.74, 6) is 0.651. The molecular weight excluding hydrogens is 306 g/mol. The van der Waals surface area contributed by atoms with Gasteiger partial charge in [0.15, 0.2) is 6.61 Å². The van der Waals surface area contributed by atoms with E-state index in [9.17, 15) is 9.90 Å². The molecule has 24 heavy (non-hydrogen) atoms. The smallest absolute Gasteiger partial charge is 0.258 e. The van der Waals surface area contributed by atoms with Crippen LogP contribution in [0.25, 0.3) is 0 Å². The van der Waals surface area contributed by atoms with E-state index >= 15 is 0 Å². The van der Waals surface area contributed by atoms with Crippen LogP contribution in [0.15, 0.2) is 48.9 Å². The largest absolute Gasteiger partial charge is 0.482 e. The fourth-order valence-electron chi connectivity index (χ4n) is 2.87. The summed E-state index contributed by atoms with van der Waals surface area (Å²) in [6.07, 6.45) is 6.78. The summed E-state index contributed by atoms with van der Waals surface area (Å²) in [5.41, 5.74) is 0.928.